The Balaban J connectivity index is 2.77. The van der Waals surface area contributed by atoms with E-state index in [1.807, 2.05) is 26.8 Å². The van der Waals surface area contributed by atoms with Crippen LogP contribution in [0.5, 0.6) is 5.75 Å². The van der Waals surface area contributed by atoms with Crippen molar-refractivity contribution in [2.75, 3.05) is 12.8 Å². The lowest BCUT2D eigenvalue weighted by Gasteiger charge is -2.15. The molecule has 1 aromatic carbocycles. The first-order valence-corrected chi connectivity index (χ1v) is 5.93. The first-order chi connectivity index (χ1) is 9.01. The van der Waals surface area contributed by atoms with Crippen LogP contribution in [0.1, 0.15) is 22.3 Å². The number of methoxy groups -OCH3 is 1. The Kier molecular flexibility index (Phi) is 3.22. The zero-order valence-corrected chi connectivity index (χ0v) is 11.5. The first-order valence-electron chi connectivity index (χ1n) is 5.93. The number of anilines is 1. The van der Waals surface area contributed by atoms with Crippen LogP contribution >= 0.6 is 0 Å². The fourth-order valence-electron chi connectivity index (χ4n) is 2.34. The molecule has 0 amide bonds. The number of ether oxygens (including phenoxy) is 1. The highest BCUT2D eigenvalue weighted by Gasteiger charge is 2.19. The third-order valence-corrected chi connectivity index (χ3v) is 3.47. The molecular weight excluding hydrogens is 240 g/mol. The molecule has 0 fully saturated rings. The summed E-state index contributed by atoms with van der Waals surface area (Å²) in [6.07, 6.45) is 1.54. The maximum atomic E-state index is 9.19. The quantitative estimate of drug-likeness (QED) is 0.894. The van der Waals surface area contributed by atoms with E-state index >= 15 is 0 Å². The van der Waals surface area contributed by atoms with Gasteiger partial charge < -0.3 is 14.9 Å². The molecule has 0 unspecified atom stereocenters. The van der Waals surface area contributed by atoms with Crippen molar-refractivity contribution in [2.24, 2.45) is 0 Å². The Morgan fingerprint density at radius 1 is 1.26 bits per heavy atom. The second-order valence-electron chi connectivity index (χ2n) is 4.52. The molecule has 1 heterocycles. The molecule has 0 aliphatic rings. The lowest BCUT2D eigenvalue weighted by Crippen LogP contribution is -1.97. The summed E-state index contributed by atoms with van der Waals surface area (Å²) in [4.78, 5) is 0. The lowest BCUT2D eigenvalue weighted by molar-refractivity contribution is 0.411. The van der Waals surface area contributed by atoms with Gasteiger partial charge in [-0.2, -0.15) is 5.26 Å². The molecule has 2 rings (SSSR count). The Bertz CT molecular complexity index is 678. The highest BCUT2D eigenvalue weighted by Crippen LogP contribution is 2.38. The number of hydrogen-bond acceptors (Lipinski definition) is 4. The first kappa shape index (κ1) is 13.0. The second kappa shape index (κ2) is 4.69. The Morgan fingerprint density at radius 2 is 1.95 bits per heavy atom. The van der Waals surface area contributed by atoms with Gasteiger partial charge in [-0.05, 0) is 49.1 Å². The SMILES string of the molecule is COc1cc(C)c(-c2coc(N)c2C#N)c(C)c1C. The highest BCUT2D eigenvalue weighted by molar-refractivity contribution is 5.80. The van der Waals surface area contributed by atoms with E-state index in [-0.39, 0.29) is 5.88 Å². The van der Waals surface area contributed by atoms with E-state index in [1.165, 1.54) is 6.26 Å². The van der Waals surface area contributed by atoms with E-state index in [0.29, 0.717) is 5.56 Å². The fraction of sp³-hybridized carbons (Fsp3) is 0.267. The largest absolute Gasteiger partial charge is 0.496 e. The van der Waals surface area contributed by atoms with Crippen LogP contribution in [0.2, 0.25) is 0 Å². The van der Waals surface area contributed by atoms with Gasteiger partial charge in [0.25, 0.3) is 0 Å². The standard InChI is InChI=1S/C15H16N2O2/c1-8-5-13(18-4)9(2)10(3)14(8)12-7-19-15(17)11(12)6-16/h5,7H,17H2,1-4H3. The predicted molar refractivity (Wildman–Crippen MR) is 74.0 cm³/mol. The van der Waals surface area contributed by atoms with Gasteiger partial charge in [-0.3, -0.25) is 0 Å². The molecule has 4 nitrogen and oxygen atoms in total. The second-order valence-corrected chi connectivity index (χ2v) is 4.52. The maximum absolute atomic E-state index is 9.19. The third-order valence-electron chi connectivity index (χ3n) is 3.47. The molecule has 1 aromatic heterocycles. The third kappa shape index (κ3) is 1.93. The van der Waals surface area contributed by atoms with E-state index in [4.69, 9.17) is 14.9 Å². The minimum Gasteiger partial charge on any atom is -0.496 e. The molecule has 0 saturated carbocycles. The molecule has 98 valence electrons. The van der Waals surface area contributed by atoms with E-state index in [1.54, 1.807) is 7.11 Å². The van der Waals surface area contributed by atoms with Crippen molar-refractivity contribution in [2.45, 2.75) is 20.8 Å². The van der Waals surface area contributed by atoms with Gasteiger partial charge in [0.2, 0.25) is 5.88 Å². The average molecular weight is 256 g/mol. The molecule has 0 radical (unpaired) electrons. The summed E-state index contributed by atoms with van der Waals surface area (Å²) in [5, 5.41) is 9.19. The van der Waals surface area contributed by atoms with Crippen LogP contribution in [-0.2, 0) is 0 Å². The van der Waals surface area contributed by atoms with Crippen molar-refractivity contribution in [3.63, 3.8) is 0 Å². The van der Waals surface area contributed by atoms with Gasteiger partial charge in [0.15, 0.2) is 0 Å². The molecule has 0 aliphatic heterocycles. The molecule has 0 aliphatic carbocycles. The topological polar surface area (TPSA) is 72.2 Å². The summed E-state index contributed by atoms with van der Waals surface area (Å²) in [7, 11) is 1.65. The van der Waals surface area contributed by atoms with Gasteiger partial charge in [0, 0.05) is 5.56 Å². The van der Waals surface area contributed by atoms with Gasteiger partial charge in [0.05, 0.1) is 7.11 Å². The van der Waals surface area contributed by atoms with E-state index < -0.39 is 0 Å². The summed E-state index contributed by atoms with van der Waals surface area (Å²) in [5.41, 5.74) is 10.9. The number of hydrogen-bond donors (Lipinski definition) is 1. The molecule has 0 bridgehead atoms. The van der Waals surface area contributed by atoms with Crippen LogP contribution in [0.4, 0.5) is 5.88 Å². The van der Waals surface area contributed by atoms with Crippen LogP contribution in [-0.4, -0.2) is 7.11 Å². The molecule has 19 heavy (non-hydrogen) atoms. The minimum absolute atomic E-state index is 0.157. The molecule has 0 saturated heterocycles. The van der Waals surface area contributed by atoms with E-state index in [9.17, 15) is 5.26 Å². The molecular formula is C15H16N2O2. The van der Waals surface area contributed by atoms with Crippen molar-refractivity contribution >= 4 is 5.88 Å². The summed E-state index contributed by atoms with van der Waals surface area (Å²) in [5.74, 6) is 0.999. The van der Waals surface area contributed by atoms with Gasteiger partial charge >= 0.3 is 0 Å². The van der Waals surface area contributed by atoms with Crippen LogP contribution < -0.4 is 10.5 Å². The molecule has 0 spiro atoms. The summed E-state index contributed by atoms with van der Waals surface area (Å²) in [6, 6.07) is 4.06. The van der Waals surface area contributed by atoms with E-state index in [2.05, 4.69) is 6.07 Å². The van der Waals surface area contributed by atoms with Crippen molar-refractivity contribution in [3.8, 4) is 22.9 Å². The summed E-state index contributed by atoms with van der Waals surface area (Å²) >= 11 is 0. The summed E-state index contributed by atoms with van der Waals surface area (Å²) < 4.78 is 10.5. The Morgan fingerprint density at radius 3 is 2.53 bits per heavy atom. The Labute approximate surface area is 112 Å². The monoisotopic (exact) mass is 256 g/mol. The number of benzene rings is 1. The number of nitrogens with zero attached hydrogens (tertiary/aromatic N) is 1. The van der Waals surface area contributed by atoms with Crippen molar-refractivity contribution in [1.82, 2.24) is 0 Å². The minimum atomic E-state index is 0.157. The molecule has 4 heteroatoms. The number of rotatable bonds is 2. The van der Waals surface area contributed by atoms with Gasteiger partial charge in [-0.25, -0.2) is 0 Å². The summed E-state index contributed by atoms with van der Waals surface area (Å²) in [6.45, 7) is 5.98. The van der Waals surface area contributed by atoms with Gasteiger partial charge in [-0.1, -0.05) is 0 Å². The number of aryl methyl sites for hydroxylation is 1. The Hall–Kier alpha value is -2.41. The van der Waals surface area contributed by atoms with Gasteiger partial charge in [0.1, 0.15) is 23.6 Å². The zero-order valence-electron chi connectivity index (χ0n) is 11.5. The highest BCUT2D eigenvalue weighted by atomic mass is 16.5. The van der Waals surface area contributed by atoms with Crippen LogP contribution in [0.15, 0.2) is 16.7 Å². The number of furan rings is 1. The van der Waals surface area contributed by atoms with E-state index in [0.717, 1.165) is 33.6 Å². The maximum Gasteiger partial charge on any atom is 0.208 e. The van der Waals surface area contributed by atoms with Crippen molar-refractivity contribution in [3.05, 3.63) is 34.6 Å². The normalized spacial score (nSPS) is 10.3. The van der Waals surface area contributed by atoms with Crippen LogP contribution in [0.3, 0.4) is 0 Å². The number of nitrogens with two attached hydrogens (primary N) is 1. The molecule has 0 atom stereocenters. The molecule has 2 N–H and O–H groups in total. The molecule has 2 aromatic rings. The predicted octanol–water partition coefficient (Wildman–Crippen LogP) is 3.33. The number of nitriles is 1. The van der Waals surface area contributed by atoms with Crippen molar-refractivity contribution in [1.29, 1.82) is 5.26 Å². The fourth-order valence-corrected chi connectivity index (χ4v) is 2.34. The average Bonchev–Trinajstić information content (AvgIpc) is 2.75. The smallest absolute Gasteiger partial charge is 0.208 e. The van der Waals surface area contributed by atoms with Crippen LogP contribution in [0.25, 0.3) is 11.1 Å². The van der Waals surface area contributed by atoms with Gasteiger partial charge in [-0.15, -0.1) is 0 Å². The van der Waals surface area contributed by atoms with Crippen LogP contribution in [0, 0.1) is 32.1 Å². The van der Waals surface area contributed by atoms with Crippen molar-refractivity contribution < 1.29 is 9.15 Å². The lowest BCUT2D eigenvalue weighted by atomic mass is 9.91. The number of nitrogen functional groups attached to an aromatic ring is 1. The zero-order chi connectivity index (χ0) is 14.2.